The number of anilines is 1. The minimum absolute atomic E-state index is 0. The Morgan fingerprint density at radius 2 is 1.73 bits per heavy atom. The van der Waals surface area contributed by atoms with Gasteiger partial charge in [-0.15, -0.1) is 12.4 Å². The summed E-state index contributed by atoms with van der Waals surface area (Å²) >= 11 is 0. The number of hydrogen-bond donors (Lipinski definition) is 3. The highest BCUT2D eigenvalue weighted by Crippen LogP contribution is 2.18. The number of hydrogen-bond acceptors (Lipinski definition) is 3. The number of nitrogens with one attached hydrogen (secondary N) is 2. The first-order valence-corrected chi connectivity index (χ1v) is 8.38. The van der Waals surface area contributed by atoms with Gasteiger partial charge in [-0.25, -0.2) is 0 Å². The zero-order valence-electron chi connectivity index (χ0n) is 15.3. The second-order valence-corrected chi connectivity index (χ2v) is 6.43. The van der Waals surface area contributed by atoms with Crippen molar-refractivity contribution in [3.05, 3.63) is 65.2 Å². The third-order valence-electron chi connectivity index (χ3n) is 3.81. The largest absolute Gasteiger partial charge is 0.350 e. The van der Waals surface area contributed by atoms with E-state index in [-0.39, 0.29) is 42.7 Å². The van der Waals surface area contributed by atoms with Crippen LogP contribution in [0.5, 0.6) is 0 Å². The van der Waals surface area contributed by atoms with E-state index in [1.165, 1.54) is 0 Å². The van der Waals surface area contributed by atoms with Crippen LogP contribution >= 0.6 is 12.4 Å². The topological polar surface area (TPSA) is 84.2 Å². The van der Waals surface area contributed by atoms with Crippen LogP contribution in [0.15, 0.2) is 48.5 Å². The molecule has 1 atom stereocenters. The van der Waals surface area contributed by atoms with Gasteiger partial charge in [-0.05, 0) is 50.1 Å². The highest BCUT2D eigenvalue weighted by molar-refractivity contribution is 5.97. The highest BCUT2D eigenvalue weighted by atomic mass is 35.5. The molecule has 0 aliphatic rings. The summed E-state index contributed by atoms with van der Waals surface area (Å²) in [6.07, 6.45) is 0.193. The molecule has 0 bridgehead atoms. The number of halogens is 1. The summed E-state index contributed by atoms with van der Waals surface area (Å²) < 4.78 is 0. The second kappa shape index (κ2) is 9.94. The predicted octanol–water partition coefficient (Wildman–Crippen LogP) is 3.58. The van der Waals surface area contributed by atoms with Gasteiger partial charge in [0.25, 0.3) is 5.91 Å². The normalized spacial score (nSPS) is 11.4. The fourth-order valence-corrected chi connectivity index (χ4v) is 2.57. The van der Waals surface area contributed by atoms with Crippen molar-refractivity contribution >= 4 is 29.9 Å². The Bertz CT molecular complexity index is 748. The summed E-state index contributed by atoms with van der Waals surface area (Å²) in [7, 11) is 0. The zero-order valence-corrected chi connectivity index (χ0v) is 16.1. The van der Waals surface area contributed by atoms with Crippen molar-refractivity contribution in [2.24, 2.45) is 5.73 Å². The van der Waals surface area contributed by atoms with E-state index in [9.17, 15) is 9.59 Å². The van der Waals surface area contributed by atoms with Crippen molar-refractivity contribution in [3.8, 4) is 0 Å². The monoisotopic (exact) mass is 375 g/mol. The first kappa shape index (κ1) is 21.7. The molecule has 2 aromatic rings. The first-order valence-electron chi connectivity index (χ1n) is 8.38. The Kier molecular flexibility index (Phi) is 8.29. The molecule has 2 aromatic carbocycles. The Balaban J connectivity index is 0.00000338. The Labute approximate surface area is 160 Å². The van der Waals surface area contributed by atoms with Gasteiger partial charge in [0, 0.05) is 29.8 Å². The summed E-state index contributed by atoms with van der Waals surface area (Å²) in [4.78, 5) is 24.3. The van der Waals surface area contributed by atoms with E-state index >= 15 is 0 Å². The lowest BCUT2D eigenvalue weighted by Gasteiger charge is -2.14. The van der Waals surface area contributed by atoms with Crippen molar-refractivity contribution in [2.75, 3.05) is 5.32 Å². The molecule has 26 heavy (non-hydrogen) atoms. The molecular weight excluding hydrogens is 350 g/mol. The van der Waals surface area contributed by atoms with Crippen LogP contribution in [-0.4, -0.2) is 17.9 Å². The SMILES string of the molecule is Cc1cc(NC(=O)CC(N)c2ccccc2)ccc1C(=O)NC(C)C.Cl. The lowest BCUT2D eigenvalue weighted by Crippen LogP contribution is -2.30. The van der Waals surface area contributed by atoms with Crippen molar-refractivity contribution in [1.82, 2.24) is 5.32 Å². The molecule has 1 unspecified atom stereocenters. The van der Waals surface area contributed by atoms with Crippen LogP contribution in [0.4, 0.5) is 5.69 Å². The molecule has 2 amide bonds. The minimum Gasteiger partial charge on any atom is -0.350 e. The first-order chi connectivity index (χ1) is 11.9. The third-order valence-corrected chi connectivity index (χ3v) is 3.81. The number of carbonyl (C=O) groups excluding carboxylic acids is 2. The van der Waals surface area contributed by atoms with Crippen LogP contribution in [0.3, 0.4) is 0 Å². The summed E-state index contributed by atoms with van der Waals surface area (Å²) in [5, 5.41) is 5.70. The molecule has 4 N–H and O–H groups in total. The molecule has 0 heterocycles. The lowest BCUT2D eigenvalue weighted by molar-refractivity contribution is -0.116. The number of aryl methyl sites for hydroxylation is 1. The van der Waals surface area contributed by atoms with E-state index in [2.05, 4.69) is 10.6 Å². The molecule has 6 heteroatoms. The molecule has 0 radical (unpaired) electrons. The summed E-state index contributed by atoms with van der Waals surface area (Å²) in [6, 6.07) is 14.5. The van der Waals surface area contributed by atoms with E-state index in [1.807, 2.05) is 51.1 Å². The van der Waals surface area contributed by atoms with Crippen molar-refractivity contribution in [3.63, 3.8) is 0 Å². The maximum Gasteiger partial charge on any atom is 0.251 e. The van der Waals surface area contributed by atoms with E-state index in [4.69, 9.17) is 5.73 Å². The van der Waals surface area contributed by atoms with Gasteiger partial charge in [0.15, 0.2) is 0 Å². The molecule has 0 aromatic heterocycles. The number of carbonyl (C=O) groups is 2. The fourth-order valence-electron chi connectivity index (χ4n) is 2.57. The maximum atomic E-state index is 12.2. The van der Waals surface area contributed by atoms with Crippen LogP contribution in [0.2, 0.25) is 0 Å². The Morgan fingerprint density at radius 1 is 1.08 bits per heavy atom. The number of nitrogens with two attached hydrogens (primary N) is 1. The molecule has 0 fully saturated rings. The lowest BCUT2D eigenvalue weighted by atomic mass is 10.0. The minimum atomic E-state index is -0.349. The van der Waals surface area contributed by atoms with Gasteiger partial charge in [0.05, 0.1) is 0 Å². The Hall–Kier alpha value is -2.37. The summed E-state index contributed by atoms with van der Waals surface area (Å²) in [6.45, 7) is 5.68. The molecule has 5 nitrogen and oxygen atoms in total. The second-order valence-electron chi connectivity index (χ2n) is 6.43. The van der Waals surface area contributed by atoms with Gasteiger partial charge in [-0.2, -0.15) is 0 Å². The highest BCUT2D eigenvalue weighted by Gasteiger charge is 2.14. The van der Waals surface area contributed by atoms with Crippen molar-refractivity contribution in [1.29, 1.82) is 0 Å². The van der Waals surface area contributed by atoms with E-state index in [1.54, 1.807) is 18.2 Å². The summed E-state index contributed by atoms with van der Waals surface area (Å²) in [5.74, 6) is -0.272. The van der Waals surface area contributed by atoms with Gasteiger partial charge in [-0.3, -0.25) is 9.59 Å². The van der Waals surface area contributed by atoms with Gasteiger partial charge in [0.1, 0.15) is 0 Å². The van der Waals surface area contributed by atoms with Gasteiger partial charge >= 0.3 is 0 Å². The van der Waals surface area contributed by atoms with Crippen LogP contribution < -0.4 is 16.4 Å². The van der Waals surface area contributed by atoms with Gasteiger partial charge in [-0.1, -0.05) is 30.3 Å². The smallest absolute Gasteiger partial charge is 0.251 e. The average Bonchev–Trinajstić information content (AvgIpc) is 2.54. The molecule has 0 aliphatic heterocycles. The predicted molar refractivity (Wildman–Crippen MR) is 108 cm³/mol. The number of amides is 2. The third kappa shape index (κ3) is 6.17. The molecule has 0 aliphatic carbocycles. The van der Waals surface area contributed by atoms with E-state index in [0.717, 1.165) is 11.1 Å². The van der Waals surface area contributed by atoms with Crippen LogP contribution in [0.1, 0.15) is 47.8 Å². The molecule has 0 saturated heterocycles. The van der Waals surface area contributed by atoms with Crippen LogP contribution in [0.25, 0.3) is 0 Å². The van der Waals surface area contributed by atoms with Crippen molar-refractivity contribution < 1.29 is 9.59 Å². The average molecular weight is 376 g/mol. The van der Waals surface area contributed by atoms with Gasteiger partial charge < -0.3 is 16.4 Å². The molecular formula is C20H26ClN3O2. The fraction of sp³-hybridized carbons (Fsp3) is 0.300. The molecule has 0 saturated carbocycles. The van der Waals surface area contributed by atoms with E-state index < -0.39 is 0 Å². The standard InChI is InChI=1S/C20H25N3O2.ClH/c1-13(2)22-20(25)17-10-9-16(11-14(17)3)23-19(24)12-18(21)15-7-5-4-6-8-15;/h4-11,13,18H,12,21H2,1-3H3,(H,22,25)(H,23,24);1H. The Morgan fingerprint density at radius 3 is 2.31 bits per heavy atom. The van der Waals surface area contributed by atoms with Gasteiger partial charge in [0.2, 0.25) is 5.91 Å². The van der Waals surface area contributed by atoms with Crippen LogP contribution in [-0.2, 0) is 4.79 Å². The van der Waals surface area contributed by atoms with Crippen molar-refractivity contribution in [2.45, 2.75) is 39.3 Å². The quantitative estimate of drug-likeness (QED) is 0.721. The number of rotatable bonds is 6. The zero-order chi connectivity index (χ0) is 18.4. The summed E-state index contributed by atoms with van der Waals surface area (Å²) in [5.41, 5.74) is 9.07. The molecule has 140 valence electrons. The number of benzene rings is 2. The maximum absolute atomic E-state index is 12.2. The molecule has 0 spiro atoms. The van der Waals surface area contributed by atoms with E-state index in [0.29, 0.717) is 11.3 Å². The molecule has 2 rings (SSSR count). The van der Waals surface area contributed by atoms with Crippen LogP contribution in [0, 0.1) is 6.92 Å².